The van der Waals surface area contributed by atoms with E-state index in [1.807, 2.05) is 24.3 Å². The molecule has 0 radical (unpaired) electrons. The molecule has 3 aliphatic rings. The minimum Gasteiger partial charge on any atom is -0.480 e. The van der Waals surface area contributed by atoms with Crippen LogP contribution in [-0.2, 0) is 22.6 Å². The summed E-state index contributed by atoms with van der Waals surface area (Å²) in [5.41, 5.74) is 2.67. The number of carboxylic acids is 1. The maximum absolute atomic E-state index is 13.1. The summed E-state index contributed by atoms with van der Waals surface area (Å²) in [6.45, 7) is 0.740. The van der Waals surface area contributed by atoms with Gasteiger partial charge in [0.05, 0.1) is 5.69 Å². The molecule has 8 nitrogen and oxygen atoms in total. The Bertz CT molecular complexity index is 1070. The van der Waals surface area contributed by atoms with E-state index in [-0.39, 0.29) is 11.5 Å². The molecule has 2 saturated heterocycles. The lowest BCUT2D eigenvalue weighted by atomic mass is 9.95. The molecule has 0 bridgehead atoms. The summed E-state index contributed by atoms with van der Waals surface area (Å²) in [7, 11) is 0. The van der Waals surface area contributed by atoms with E-state index in [0.29, 0.717) is 38.0 Å². The molecule has 8 heteroatoms. The van der Waals surface area contributed by atoms with Gasteiger partial charge < -0.3 is 14.9 Å². The first kappa shape index (κ1) is 19.3. The molecule has 0 spiro atoms. The largest absolute Gasteiger partial charge is 0.480 e. The van der Waals surface area contributed by atoms with Crippen LogP contribution in [0.1, 0.15) is 34.3 Å². The molecule has 0 saturated carbocycles. The number of rotatable bonds is 3. The molecule has 3 heterocycles. The maximum atomic E-state index is 13.1. The van der Waals surface area contributed by atoms with E-state index in [0.717, 1.165) is 16.0 Å². The molecule has 2 unspecified atom stereocenters. The molecule has 0 aliphatic carbocycles. The molecule has 1 N–H and O–H groups in total. The van der Waals surface area contributed by atoms with Crippen LogP contribution in [0.2, 0.25) is 0 Å². The fourth-order valence-corrected chi connectivity index (χ4v) is 4.76. The topological polar surface area (TPSA) is 98.2 Å². The highest BCUT2D eigenvalue weighted by atomic mass is 16.4. The lowest BCUT2D eigenvalue weighted by molar-refractivity contribution is -0.141. The van der Waals surface area contributed by atoms with Crippen molar-refractivity contribution >= 4 is 29.5 Å². The Balaban J connectivity index is 1.43. The third-order valence-electron chi connectivity index (χ3n) is 6.34. The number of imide groups is 1. The second kappa shape index (κ2) is 7.23. The van der Waals surface area contributed by atoms with Gasteiger partial charge in [-0.2, -0.15) is 0 Å². The Hall–Kier alpha value is -3.68. The molecular weight excluding hydrogens is 398 g/mol. The van der Waals surface area contributed by atoms with Gasteiger partial charge in [-0.05, 0) is 42.2 Å². The van der Waals surface area contributed by atoms with Crippen LogP contribution in [0.5, 0.6) is 0 Å². The quantitative estimate of drug-likeness (QED) is 0.770. The maximum Gasteiger partial charge on any atom is 0.332 e. The average molecular weight is 419 g/mol. The van der Waals surface area contributed by atoms with Crippen LogP contribution in [-0.4, -0.2) is 57.3 Å². The van der Waals surface area contributed by atoms with Crippen molar-refractivity contribution in [3.05, 3.63) is 65.2 Å². The van der Waals surface area contributed by atoms with Gasteiger partial charge in [0.25, 0.3) is 11.8 Å². The second-order valence-electron chi connectivity index (χ2n) is 8.12. The Morgan fingerprint density at radius 2 is 1.77 bits per heavy atom. The smallest absolute Gasteiger partial charge is 0.332 e. The summed E-state index contributed by atoms with van der Waals surface area (Å²) in [5.74, 6) is -1.74. The monoisotopic (exact) mass is 419 g/mol. The highest BCUT2D eigenvalue weighted by Gasteiger charge is 2.48. The zero-order chi connectivity index (χ0) is 21.7. The van der Waals surface area contributed by atoms with E-state index < -0.39 is 30.0 Å². The number of carbonyl (C=O) groups is 4. The molecule has 2 aromatic rings. The number of carbonyl (C=O) groups excluding carboxylic acids is 3. The third kappa shape index (κ3) is 3.06. The van der Waals surface area contributed by atoms with Crippen molar-refractivity contribution in [1.82, 2.24) is 9.80 Å². The van der Waals surface area contributed by atoms with Gasteiger partial charge in [-0.15, -0.1) is 0 Å². The number of aliphatic carboxylic acids is 1. The number of nitrogens with zero attached hydrogens (tertiary/aromatic N) is 3. The number of carboxylic acid groups (broad SMARTS) is 1. The Morgan fingerprint density at radius 1 is 1.00 bits per heavy atom. The zero-order valence-electron chi connectivity index (χ0n) is 16.7. The second-order valence-corrected chi connectivity index (χ2v) is 8.12. The number of amides is 4. The molecule has 3 aliphatic heterocycles. The molecule has 4 amide bonds. The molecular formula is C23H21N3O5. The Kier molecular flexibility index (Phi) is 4.50. The number of anilines is 1. The minimum atomic E-state index is -1.02. The van der Waals surface area contributed by atoms with Crippen LogP contribution in [0.15, 0.2) is 48.5 Å². The molecule has 31 heavy (non-hydrogen) atoms. The Labute approximate surface area is 178 Å². The van der Waals surface area contributed by atoms with Crippen LogP contribution in [0, 0.1) is 0 Å². The summed E-state index contributed by atoms with van der Waals surface area (Å²) in [5, 5.41) is 9.37. The van der Waals surface area contributed by atoms with Crippen molar-refractivity contribution in [3.63, 3.8) is 0 Å². The number of hydrogen-bond acceptors (Lipinski definition) is 4. The van der Waals surface area contributed by atoms with Gasteiger partial charge in [0, 0.05) is 25.1 Å². The number of likely N-dealkylation sites (tertiary alicyclic amines) is 1. The van der Waals surface area contributed by atoms with Crippen LogP contribution >= 0.6 is 0 Å². The third-order valence-corrected chi connectivity index (χ3v) is 6.34. The van der Waals surface area contributed by atoms with Crippen molar-refractivity contribution in [2.45, 2.75) is 37.9 Å². The average Bonchev–Trinajstić information content (AvgIpc) is 3.36. The molecule has 5 rings (SSSR count). The zero-order valence-corrected chi connectivity index (χ0v) is 16.7. The fourth-order valence-electron chi connectivity index (χ4n) is 4.76. The highest BCUT2D eigenvalue weighted by molar-refractivity contribution is 6.21. The predicted octanol–water partition coefficient (Wildman–Crippen LogP) is 2.27. The van der Waals surface area contributed by atoms with Gasteiger partial charge in [-0.25, -0.2) is 14.5 Å². The lowest BCUT2D eigenvalue weighted by Gasteiger charge is -2.28. The van der Waals surface area contributed by atoms with Crippen LogP contribution in [0.3, 0.4) is 0 Å². The first-order chi connectivity index (χ1) is 15.0. The summed E-state index contributed by atoms with van der Waals surface area (Å²) >= 11 is 0. The van der Waals surface area contributed by atoms with E-state index in [9.17, 15) is 24.3 Å². The number of urea groups is 1. The number of fused-ring (bicyclic) bond motifs is 2. The summed E-state index contributed by atoms with van der Waals surface area (Å²) in [6.07, 6.45) is 1.51. The molecule has 2 aromatic carbocycles. The van der Waals surface area contributed by atoms with Gasteiger partial charge in [-0.3, -0.25) is 9.59 Å². The molecule has 158 valence electrons. The van der Waals surface area contributed by atoms with Crippen molar-refractivity contribution < 1.29 is 24.3 Å². The summed E-state index contributed by atoms with van der Waals surface area (Å²) < 4.78 is 0. The minimum absolute atomic E-state index is 0.263. The Morgan fingerprint density at radius 3 is 2.55 bits per heavy atom. The van der Waals surface area contributed by atoms with Crippen LogP contribution in [0.25, 0.3) is 0 Å². The predicted molar refractivity (Wildman–Crippen MR) is 110 cm³/mol. The van der Waals surface area contributed by atoms with E-state index in [2.05, 4.69) is 0 Å². The van der Waals surface area contributed by atoms with Crippen molar-refractivity contribution in [2.75, 3.05) is 11.4 Å². The van der Waals surface area contributed by atoms with Crippen molar-refractivity contribution in [3.8, 4) is 0 Å². The first-order valence-corrected chi connectivity index (χ1v) is 10.3. The fraction of sp³-hybridized carbons (Fsp3) is 0.304. The number of hydrogen-bond donors (Lipinski definition) is 1. The molecule has 2 fully saturated rings. The van der Waals surface area contributed by atoms with Crippen molar-refractivity contribution in [2.24, 2.45) is 0 Å². The van der Waals surface area contributed by atoms with E-state index in [1.54, 1.807) is 23.1 Å². The normalized spacial score (nSPS) is 22.5. The van der Waals surface area contributed by atoms with Gasteiger partial charge in [0.15, 0.2) is 0 Å². The number of benzene rings is 2. The summed E-state index contributed by atoms with van der Waals surface area (Å²) in [6, 6.07) is 12.3. The highest BCUT2D eigenvalue weighted by Crippen LogP contribution is 2.33. The van der Waals surface area contributed by atoms with Gasteiger partial charge in [0.2, 0.25) is 0 Å². The van der Waals surface area contributed by atoms with E-state index in [1.165, 1.54) is 11.0 Å². The SMILES string of the molecule is O=C(O)C1CCCN1C(=O)c1cccc(N2C(=O)C3Cc4ccccc4CN3C2=O)c1. The lowest BCUT2D eigenvalue weighted by Crippen LogP contribution is -2.40. The van der Waals surface area contributed by atoms with Crippen LogP contribution < -0.4 is 4.90 Å². The first-order valence-electron chi connectivity index (χ1n) is 10.3. The van der Waals surface area contributed by atoms with Gasteiger partial charge in [0.1, 0.15) is 12.1 Å². The standard InChI is InChI=1S/C23H21N3O5/c27-20(24-10-4-9-18(24)22(29)30)15-7-3-8-17(11-15)26-21(28)19-12-14-5-1-2-6-16(14)13-25(19)23(26)31/h1-3,5-8,11,18-19H,4,9-10,12-13H2,(H,29,30). The molecule has 0 aromatic heterocycles. The molecule has 2 atom stereocenters. The van der Waals surface area contributed by atoms with E-state index >= 15 is 0 Å². The van der Waals surface area contributed by atoms with E-state index in [4.69, 9.17) is 0 Å². The van der Waals surface area contributed by atoms with Crippen molar-refractivity contribution in [1.29, 1.82) is 0 Å². The van der Waals surface area contributed by atoms with Crippen LogP contribution in [0.4, 0.5) is 10.5 Å². The summed E-state index contributed by atoms with van der Waals surface area (Å²) in [4.78, 5) is 54.7. The van der Waals surface area contributed by atoms with Gasteiger partial charge in [-0.1, -0.05) is 30.3 Å². The van der Waals surface area contributed by atoms with Gasteiger partial charge >= 0.3 is 12.0 Å².